The summed E-state index contributed by atoms with van der Waals surface area (Å²) in [5, 5.41) is 3.41. The average molecular weight is 235 g/mol. The molecule has 17 heavy (non-hydrogen) atoms. The highest BCUT2D eigenvalue weighted by atomic mass is 16.5. The van der Waals surface area contributed by atoms with Gasteiger partial charge in [0, 0.05) is 57.1 Å². The van der Waals surface area contributed by atoms with Crippen LogP contribution in [0.25, 0.3) is 0 Å². The zero-order valence-corrected chi connectivity index (χ0v) is 10.3. The Kier molecular flexibility index (Phi) is 3.45. The third kappa shape index (κ3) is 2.54. The van der Waals surface area contributed by atoms with Crippen LogP contribution in [0.4, 0.5) is 0 Å². The topological polar surface area (TPSA) is 29.4 Å². The number of nitrogens with one attached hydrogen (secondary N) is 1. The molecule has 1 fully saturated rings. The molecule has 3 rings (SSSR count). The summed E-state index contributed by atoms with van der Waals surface area (Å²) in [5.41, 5.74) is 2.93. The minimum absolute atomic E-state index is 0.899. The standard InChI is InChI=1S/C13H21N3O/c1-2-13-11-14-4-6-16(13)12(1)3-5-15-7-9-17-10-8-15/h1-2,14H,3-11H2. The van der Waals surface area contributed by atoms with Gasteiger partial charge in [-0.05, 0) is 12.1 Å². The van der Waals surface area contributed by atoms with Crippen LogP contribution in [-0.4, -0.2) is 48.9 Å². The van der Waals surface area contributed by atoms with Crippen molar-refractivity contribution in [2.45, 2.75) is 19.5 Å². The number of hydrogen-bond donors (Lipinski definition) is 1. The molecule has 2 aliphatic heterocycles. The molecule has 0 bridgehead atoms. The Hall–Kier alpha value is -0.840. The van der Waals surface area contributed by atoms with Crippen molar-refractivity contribution in [2.75, 3.05) is 39.4 Å². The summed E-state index contributed by atoms with van der Waals surface area (Å²) in [4.78, 5) is 2.50. The molecule has 3 heterocycles. The number of hydrogen-bond acceptors (Lipinski definition) is 3. The molecular weight excluding hydrogens is 214 g/mol. The van der Waals surface area contributed by atoms with Crippen LogP contribution in [0, 0.1) is 0 Å². The van der Waals surface area contributed by atoms with Gasteiger partial charge in [-0.25, -0.2) is 0 Å². The quantitative estimate of drug-likeness (QED) is 0.825. The van der Waals surface area contributed by atoms with E-state index in [2.05, 4.69) is 26.9 Å². The number of morpholine rings is 1. The van der Waals surface area contributed by atoms with Gasteiger partial charge in [-0.1, -0.05) is 0 Å². The first-order chi connectivity index (χ1) is 8.43. The van der Waals surface area contributed by atoms with Crippen LogP contribution in [0.1, 0.15) is 11.4 Å². The van der Waals surface area contributed by atoms with Gasteiger partial charge in [-0.15, -0.1) is 0 Å². The molecular formula is C13H21N3O. The van der Waals surface area contributed by atoms with Crippen molar-refractivity contribution in [1.82, 2.24) is 14.8 Å². The summed E-state index contributed by atoms with van der Waals surface area (Å²) in [5.74, 6) is 0. The number of fused-ring (bicyclic) bond motifs is 1. The van der Waals surface area contributed by atoms with Crippen LogP contribution < -0.4 is 5.32 Å². The Balaban J connectivity index is 1.59. The minimum atomic E-state index is 0.899. The van der Waals surface area contributed by atoms with Gasteiger partial charge in [-0.2, -0.15) is 0 Å². The lowest BCUT2D eigenvalue weighted by atomic mass is 10.2. The van der Waals surface area contributed by atoms with E-state index in [1.165, 1.54) is 24.4 Å². The molecule has 1 saturated heterocycles. The lowest BCUT2D eigenvalue weighted by Gasteiger charge is -2.27. The summed E-state index contributed by atoms with van der Waals surface area (Å²) < 4.78 is 7.86. The van der Waals surface area contributed by atoms with Gasteiger partial charge in [0.15, 0.2) is 0 Å². The maximum absolute atomic E-state index is 5.37. The molecule has 2 aliphatic rings. The third-order valence-corrected chi connectivity index (χ3v) is 3.77. The first kappa shape index (κ1) is 11.3. The van der Waals surface area contributed by atoms with Crippen molar-refractivity contribution >= 4 is 0 Å². The van der Waals surface area contributed by atoms with Gasteiger partial charge in [-0.3, -0.25) is 4.90 Å². The normalized spacial score (nSPS) is 21.4. The predicted octanol–water partition coefficient (Wildman–Crippen LogP) is 0.466. The lowest BCUT2D eigenvalue weighted by Crippen LogP contribution is -2.38. The van der Waals surface area contributed by atoms with E-state index in [0.717, 1.165) is 45.9 Å². The van der Waals surface area contributed by atoms with E-state index in [-0.39, 0.29) is 0 Å². The van der Waals surface area contributed by atoms with Crippen molar-refractivity contribution < 1.29 is 4.74 Å². The van der Waals surface area contributed by atoms with Gasteiger partial charge < -0.3 is 14.6 Å². The summed E-state index contributed by atoms with van der Waals surface area (Å²) in [7, 11) is 0. The first-order valence-corrected chi connectivity index (χ1v) is 6.61. The van der Waals surface area contributed by atoms with Crippen molar-refractivity contribution in [3.63, 3.8) is 0 Å². The highest BCUT2D eigenvalue weighted by Crippen LogP contribution is 2.13. The smallest absolute Gasteiger partial charge is 0.0594 e. The predicted molar refractivity (Wildman–Crippen MR) is 67.1 cm³/mol. The second-order valence-corrected chi connectivity index (χ2v) is 4.85. The monoisotopic (exact) mass is 235 g/mol. The summed E-state index contributed by atoms with van der Waals surface area (Å²) in [6, 6.07) is 4.56. The summed E-state index contributed by atoms with van der Waals surface area (Å²) in [6.45, 7) is 8.40. The molecule has 0 spiro atoms. The number of rotatable bonds is 3. The zero-order chi connectivity index (χ0) is 11.5. The number of nitrogens with zero attached hydrogens (tertiary/aromatic N) is 2. The zero-order valence-electron chi connectivity index (χ0n) is 10.3. The van der Waals surface area contributed by atoms with E-state index in [1.54, 1.807) is 0 Å². The Labute approximate surface area is 103 Å². The highest BCUT2D eigenvalue weighted by Gasteiger charge is 2.14. The third-order valence-electron chi connectivity index (χ3n) is 3.77. The molecule has 1 aromatic rings. The van der Waals surface area contributed by atoms with Crippen LogP contribution in [-0.2, 0) is 24.2 Å². The van der Waals surface area contributed by atoms with Crippen LogP contribution in [0.5, 0.6) is 0 Å². The van der Waals surface area contributed by atoms with E-state index in [4.69, 9.17) is 4.74 Å². The van der Waals surface area contributed by atoms with Crippen LogP contribution >= 0.6 is 0 Å². The average Bonchev–Trinajstić information content (AvgIpc) is 2.81. The van der Waals surface area contributed by atoms with Gasteiger partial charge in [0.25, 0.3) is 0 Å². The molecule has 0 radical (unpaired) electrons. The molecule has 0 atom stereocenters. The number of aromatic nitrogens is 1. The Morgan fingerprint density at radius 2 is 2.06 bits per heavy atom. The maximum Gasteiger partial charge on any atom is 0.0594 e. The first-order valence-electron chi connectivity index (χ1n) is 6.61. The minimum Gasteiger partial charge on any atom is -0.379 e. The van der Waals surface area contributed by atoms with E-state index in [9.17, 15) is 0 Å². The van der Waals surface area contributed by atoms with E-state index in [1.807, 2.05) is 0 Å². The van der Waals surface area contributed by atoms with Gasteiger partial charge in [0.2, 0.25) is 0 Å². The molecule has 1 aromatic heterocycles. The summed E-state index contributed by atoms with van der Waals surface area (Å²) >= 11 is 0. The van der Waals surface area contributed by atoms with Crippen LogP contribution in [0.3, 0.4) is 0 Å². The molecule has 1 N–H and O–H groups in total. The van der Waals surface area contributed by atoms with Crippen molar-refractivity contribution in [1.29, 1.82) is 0 Å². The molecule has 0 aliphatic carbocycles. The fraction of sp³-hybridized carbons (Fsp3) is 0.692. The Bertz CT molecular complexity index is 369. The van der Waals surface area contributed by atoms with Crippen LogP contribution in [0.2, 0.25) is 0 Å². The van der Waals surface area contributed by atoms with Gasteiger partial charge >= 0.3 is 0 Å². The molecule has 94 valence electrons. The molecule has 4 heteroatoms. The second kappa shape index (κ2) is 5.21. The van der Waals surface area contributed by atoms with Crippen molar-refractivity contribution in [3.8, 4) is 0 Å². The molecule has 0 amide bonds. The van der Waals surface area contributed by atoms with Gasteiger partial charge in [0.1, 0.15) is 0 Å². The van der Waals surface area contributed by atoms with Crippen molar-refractivity contribution in [3.05, 3.63) is 23.5 Å². The van der Waals surface area contributed by atoms with Gasteiger partial charge in [0.05, 0.1) is 13.2 Å². The molecule has 0 unspecified atom stereocenters. The highest BCUT2D eigenvalue weighted by molar-refractivity contribution is 5.18. The fourth-order valence-corrected chi connectivity index (χ4v) is 2.72. The Morgan fingerprint density at radius 3 is 2.94 bits per heavy atom. The fourth-order valence-electron chi connectivity index (χ4n) is 2.72. The molecule has 4 nitrogen and oxygen atoms in total. The maximum atomic E-state index is 5.37. The Morgan fingerprint density at radius 1 is 1.18 bits per heavy atom. The molecule has 0 aromatic carbocycles. The second-order valence-electron chi connectivity index (χ2n) is 4.85. The largest absolute Gasteiger partial charge is 0.379 e. The summed E-state index contributed by atoms with van der Waals surface area (Å²) in [6.07, 6.45) is 1.17. The molecule has 0 saturated carbocycles. The SMILES string of the molecule is c1cc2n(c1CCN1CCOCC1)CCNC2. The van der Waals surface area contributed by atoms with Crippen LogP contribution in [0.15, 0.2) is 12.1 Å². The number of ether oxygens (including phenoxy) is 1. The van der Waals surface area contributed by atoms with E-state index in [0.29, 0.717) is 0 Å². The van der Waals surface area contributed by atoms with Crippen molar-refractivity contribution in [2.24, 2.45) is 0 Å². The van der Waals surface area contributed by atoms with E-state index < -0.39 is 0 Å². The lowest BCUT2D eigenvalue weighted by molar-refractivity contribution is 0.0382. The van der Waals surface area contributed by atoms with E-state index >= 15 is 0 Å².